The third-order valence-corrected chi connectivity index (χ3v) is 3.06. The topological polar surface area (TPSA) is 73.9 Å². The summed E-state index contributed by atoms with van der Waals surface area (Å²) in [5, 5.41) is 0.444. The Morgan fingerprint density at radius 3 is 2.81 bits per heavy atom. The van der Waals surface area contributed by atoms with Crippen molar-refractivity contribution in [1.29, 1.82) is 0 Å². The number of aromatic nitrogens is 3. The second kappa shape index (κ2) is 5.76. The molecule has 0 aliphatic carbocycles. The predicted molar refractivity (Wildman–Crippen MR) is 81.2 cm³/mol. The second-order valence-electron chi connectivity index (χ2n) is 4.26. The molecule has 0 atom stereocenters. The number of hydrogen-bond donors (Lipinski definition) is 1. The molecule has 0 saturated heterocycles. The van der Waals surface area contributed by atoms with Gasteiger partial charge in [-0.1, -0.05) is 11.6 Å². The van der Waals surface area contributed by atoms with Crippen molar-refractivity contribution in [2.75, 3.05) is 5.73 Å². The van der Waals surface area contributed by atoms with Gasteiger partial charge in [-0.25, -0.2) is 4.98 Å². The van der Waals surface area contributed by atoms with Crippen LogP contribution in [-0.2, 0) is 0 Å². The fraction of sp³-hybridized carbons (Fsp3) is 0. The van der Waals surface area contributed by atoms with E-state index in [-0.39, 0.29) is 6.01 Å². The van der Waals surface area contributed by atoms with Crippen LogP contribution in [-0.4, -0.2) is 15.0 Å². The summed E-state index contributed by atoms with van der Waals surface area (Å²) in [6.07, 6.45) is 5.04. The predicted octanol–water partition coefficient (Wildman–Crippen LogP) is 3.57. The maximum atomic E-state index is 6.06. The van der Waals surface area contributed by atoms with Crippen LogP contribution in [0.25, 0.3) is 11.3 Å². The largest absolute Gasteiger partial charge is 0.423 e. The molecule has 2 N–H and O–H groups in total. The Labute approximate surface area is 126 Å². The molecule has 0 radical (unpaired) electrons. The van der Waals surface area contributed by atoms with Gasteiger partial charge in [-0.3, -0.25) is 4.98 Å². The van der Waals surface area contributed by atoms with Crippen LogP contribution in [0.4, 0.5) is 5.69 Å². The van der Waals surface area contributed by atoms with E-state index >= 15 is 0 Å². The molecular formula is C15H11ClN4O. The fourth-order valence-corrected chi connectivity index (χ4v) is 1.92. The van der Waals surface area contributed by atoms with Crippen LogP contribution >= 0.6 is 11.6 Å². The number of halogens is 1. The summed E-state index contributed by atoms with van der Waals surface area (Å²) in [5.74, 6) is 0.417. The van der Waals surface area contributed by atoms with Gasteiger partial charge in [0.25, 0.3) is 0 Å². The summed E-state index contributed by atoms with van der Waals surface area (Å²) in [4.78, 5) is 12.5. The molecule has 0 spiro atoms. The van der Waals surface area contributed by atoms with Crippen molar-refractivity contribution in [2.24, 2.45) is 0 Å². The minimum atomic E-state index is 0.198. The molecule has 2 aromatic heterocycles. The molecule has 2 heterocycles. The Balaban J connectivity index is 1.92. The first-order chi connectivity index (χ1) is 10.2. The van der Waals surface area contributed by atoms with E-state index in [2.05, 4.69) is 15.0 Å². The number of pyridine rings is 1. The Morgan fingerprint density at radius 1 is 1.10 bits per heavy atom. The average Bonchev–Trinajstić information content (AvgIpc) is 2.52. The lowest BCUT2D eigenvalue weighted by Gasteiger charge is -2.07. The molecule has 0 amide bonds. The molecule has 3 aromatic rings. The first-order valence-corrected chi connectivity index (χ1v) is 6.56. The lowest BCUT2D eigenvalue weighted by Crippen LogP contribution is -1.95. The lowest BCUT2D eigenvalue weighted by molar-refractivity contribution is 0.443. The van der Waals surface area contributed by atoms with Gasteiger partial charge in [-0.05, 0) is 30.3 Å². The van der Waals surface area contributed by atoms with Crippen LogP contribution < -0.4 is 10.5 Å². The highest BCUT2D eigenvalue weighted by Gasteiger charge is 2.07. The number of anilines is 1. The quantitative estimate of drug-likeness (QED) is 0.748. The van der Waals surface area contributed by atoms with Crippen molar-refractivity contribution in [3.8, 4) is 23.0 Å². The third-order valence-electron chi connectivity index (χ3n) is 2.75. The van der Waals surface area contributed by atoms with Crippen molar-refractivity contribution < 1.29 is 4.74 Å². The van der Waals surface area contributed by atoms with Gasteiger partial charge < -0.3 is 10.5 Å². The molecule has 0 unspecified atom stereocenters. The fourth-order valence-electron chi connectivity index (χ4n) is 1.76. The zero-order chi connectivity index (χ0) is 14.7. The molecule has 1 aromatic carbocycles. The SMILES string of the molecule is Nc1ccc(Cl)c(Oc2nccc(-c3cccnc3)n2)c1. The number of ether oxygens (including phenoxy) is 1. The Hall–Kier alpha value is -2.66. The molecule has 6 heteroatoms. The highest BCUT2D eigenvalue weighted by molar-refractivity contribution is 6.32. The zero-order valence-electron chi connectivity index (χ0n) is 10.9. The Kier molecular flexibility index (Phi) is 3.66. The highest BCUT2D eigenvalue weighted by Crippen LogP contribution is 2.30. The second-order valence-corrected chi connectivity index (χ2v) is 4.67. The molecule has 0 fully saturated rings. The number of benzene rings is 1. The minimum absolute atomic E-state index is 0.198. The van der Waals surface area contributed by atoms with Crippen LogP contribution in [0.15, 0.2) is 55.0 Å². The van der Waals surface area contributed by atoms with E-state index in [9.17, 15) is 0 Å². The van der Waals surface area contributed by atoms with Gasteiger partial charge in [-0.15, -0.1) is 0 Å². The van der Waals surface area contributed by atoms with E-state index in [0.717, 1.165) is 5.56 Å². The first-order valence-electron chi connectivity index (χ1n) is 6.19. The summed E-state index contributed by atoms with van der Waals surface area (Å²) >= 11 is 6.06. The van der Waals surface area contributed by atoms with Crippen LogP contribution in [0, 0.1) is 0 Å². The van der Waals surface area contributed by atoms with Gasteiger partial charge >= 0.3 is 6.01 Å². The van der Waals surface area contributed by atoms with Gasteiger partial charge in [0.15, 0.2) is 5.75 Å². The van der Waals surface area contributed by atoms with E-state index in [4.69, 9.17) is 22.1 Å². The van der Waals surface area contributed by atoms with Crippen LogP contribution in [0.1, 0.15) is 0 Å². The molecule has 0 aliphatic rings. The normalized spacial score (nSPS) is 10.3. The van der Waals surface area contributed by atoms with Gasteiger partial charge in [0, 0.05) is 35.9 Å². The van der Waals surface area contributed by atoms with Gasteiger partial charge in [-0.2, -0.15) is 4.98 Å². The van der Waals surface area contributed by atoms with E-state index in [1.807, 2.05) is 12.1 Å². The molecule has 21 heavy (non-hydrogen) atoms. The Morgan fingerprint density at radius 2 is 2.00 bits per heavy atom. The number of nitrogens with zero attached hydrogens (tertiary/aromatic N) is 3. The summed E-state index contributed by atoms with van der Waals surface area (Å²) in [5.41, 5.74) is 7.86. The summed E-state index contributed by atoms with van der Waals surface area (Å²) in [6, 6.07) is 10.7. The standard InChI is InChI=1S/C15H11ClN4O/c16-12-4-3-11(17)8-14(12)21-15-19-7-5-13(20-15)10-2-1-6-18-9-10/h1-9H,17H2. The molecule has 0 bridgehead atoms. The number of rotatable bonds is 3. The Bertz CT molecular complexity index is 765. The highest BCUT2D eigenvalue weighted by atomic mass is 35.5. The monoisotopic (exact) mass is 298 g/mol. The number of nitrogen functional groups attached to an aromatic ring is 1. The van der Waals surface area contributed by atoms with E-state index < -0.39 is 0 Å². The van der Waals surface area contributed by atoms with E-state index in [1.165, 1.54) is 0 Å². The summed E-state index contributed by atoms with van der Waals surface area (Å²) < 4.78 is 5.60. The van der Waals surface area contributed by atoms with Crippen molar-refractivity contribution in [3.05, 3.63) is 60.0 Å². The molecule has 0 saturated carbocycles. The molecule has 3 rings (SSSR count). The van der Waals surface area contributed by atoms with Crippen molar-refractivity contribution in [2.45, 2.75) is 0 Å². The van der Waals surface area contributed by atoms with Gasteiger partial charge in [0.1, 0.15) is 0 Å². The smallest absolute Gasteiger partial charge is 0.322 e. The van der Waals surface area contributed by atoms with E-state index in [0.29, 0.717) is 22.2 Å². The molecular weight excluding hydrogens is 288 g/mol. The maximum Gasteiger partial charge on any atom is 0.322 e. The van der Waals surface area contributed by atoms with E-state index in [1.54, 1.807) is 42.9 Å². The number of nitrogens with two attached hydrogens (primary N) is 1. The molecule has 104 valence electrons. The van der Waals surface area contributed by atoms with Gasteiger partial charge in [0.05, 0.1) is 10.7 Å². The number of hydrogen-bond acceptors (Lipinski definition) is 5. The van der Waals surface area contributed by atoms with Gasteiger partial charge in [0.2, 0.25) is 0 Å². The lowest BCUT2D eigenvalue weighted by atomic mass is 10.2. The zero-order valence-corrected chi connectivity index (χ0v) is 11.7. The van der Waals surface area contributed by atoms with Crippen molar-refractivity contribution in [3.63, 3.8) is 0 Å². The third kappa shape index (κ3) is 3.09. The minimum Gasteiger partial charge on any atom is -0.423 e. The average molecular weight is 299 g/mol. The summed E-state index contributed by atoms with van der Waals surface area (Å²) in [6.45, 7) is 0. The summed E-state index contributed by atoms with van der Waals surface area (Å²) in [7, 11) is 0. The van der Waals surface area contributed by atoms with Crippen molar-refractivity contribution in [1.82, 2.24) is 15.0 Å². The molecule has 5 nitrogen and oxygen atoms in total. The first kappa shape index (κ1) is 13.3. The molecule has 0 aliphatic heterocycles. The van der Waals surface area contributed by atoms with Crippen molar-refractivity contribution >= 4 is 17.3 Å². The van der Waals surface area contributed by atoms with Crippen LogP contribution in [0.5, 0.6) is 11.8 Å². The van der Waals surface area contributed by atoms with Crippen LogP contribution in [0.3, 0.4) is 0 Å². The van der Waals surface area contributed by atoms with Crippen LogP contribution in [0.2, 0.25) is 5.02 Å². The maximum absolute atomic E-state index is 6.06.